The van der Waals surface area contributed by atoms with Crippen molar-refractivity contribution in [1.29, 1.82) is 0 Å². The predicted molar refractivity (Wildman–Crippen MR) is 52.8 cm³/mol. The molecular formula is C10H17N3O. The predicted octanol–water partition coefficient (Wildman–Crippen LogP) is 1.75. The molecule has 4 heteroatoms. The van der Waals surface area contributed by atoms with E-state index in [2.05, 4.69) is 22.0 Å². The number of piperidine rings is 1. The van der Waals surface area contributed by atoms with Crippen molar-refractivity contribution in [1.82, 2.24) is 15.0 Å². The van der Waals surface area contributed by atoms with E-state index in [0.29, 0.717) is 6.04 Å². The smallest absolute Gasteiger partial charge is 0.240 e. The lowest BCUT2D eigenvalue weighted by atomic mass is 10.0. The number of rotatable bonds is 2. The molecule has 1 aromatic rings. The first-order valence-corrected chi connectivity index (χ1v) is 5.29. The van der Waals surface area contributed by atoms with Crippen LogP contribution in [0.5, 0.6) is 0 Å². The van der Waals surface area contributed by atoms with Crippen molar-refractivity contribution < 1.29 is 4.52 Å². The van der Waals surface area contributed by atoms with Gasteiger partial charge in [-0.05, 0) is 33.2 Å². The van der Waals surface area contributed by atoms with E-state index in [-0.39, 0.29) is 0 Å². The molecule has 0 aliphatic carbocycles. The summed E-state index contributed by atoms with van der Waals surface area (Å²) in [5.41, 5.74) is 0. The Kier molecular flexibility index (Phi) is 2.82. The summed E-state index contributed by atoms with van der Waals surface area (Å²) in [5.74, 6) is 1.47. The van der Waals surface area contributed by atoms with Crippen LogP contribution in [0.1, 0.15) is 37.9 Å². The van der Waals surface area contributed by atoms with Gasteiger partial charge in [-0.15, -0.1) is 0 Å². The monoisotopic (exact) mass is 195 g/mol. The Bertz CT molecular complexity index is 297. The molecule has 14 heavy (non-hydrogen) atoms. The fourth-order valence-electron chi connectivity index (χ4n) is 1.97. The highest BCUT2D eigenvalue weighted by Crippen LogP contribution is 2.18. The topological polar surface area (TPSA) is 42.2 Å². The van der Waals surface area contributed by atoms with Crippen LogP contribution in [0.2, 0.25) is 0 Å². The second-order valence-electron chi connectivity index (χ2n) is 4.05. The summed E-state index contributed by atoms with van der Waals surface area (Å²) in [5, 5.41) is 3.79. The van der Waals surface area contributed by atoms with Gasteiger partial charge in [0.25, 0.3) is 0 Å². The van der Waals surface area contributed by atoms with Crippen molar-refractivity contribution in [3.8, 4) is 0 Å². The Morgan fingerprint density at radius 1 is 1.50 bits per heavy atom. The molecular weight excluding hydrogens is 178 g/mol. The second-order valence-corrected chi connectivity index (χ2v) is 4.05. The van der Waals surface area contributed by atoms with Crippen molar-refractivity contribution in [3.05, 3.63) is 11.7 Å². The van der Waals surface area contributed by atoms with Crippen molar-refractivity contribution in [2.75, 3.05) is 6.54 Å². The Balaban J connectivity index is 1.95. The van der Waals surface area contributed by atoms with Gasteiger partial charge in [0.05, 0.1) is 6.54 Å². The quantitative estimate of drug-likeness (QED) is 0.721. The fraction of sp³-hybridized carbons (Fsp3) is 0.800. The molecule has 0 bridgehead atoms. The maximum Gasteiger partial charge on any atom is 0.240 e. The Labute approximate surface area is 84.3 Å². The molecule has 2 rings (SSSR count). The molecule has 1 saturated heterocycles. The zero-order valence-electron chi connectivity index (χ0n) is 8.86. The summed E-state index contributed by atoms with van der Waals surface area (Å²) < 4.78 is 5.11. The molecule has 1 fully saturated rings. The van der Waals surface area contributed by atoms with Crippen LogP contribution in [-0.2, 0) is 6.54 Å². The molecule has 0 spiro atoms. The maximum absolute atomic E-state index is 5.11. The van der Waals surface area contributed by atoms with Gasteiger partial charge in [0, 0.05) is 6.04 Å². The highest BCUT2D eigenvalue weighted by Gasteiger charge is 2.20. The molecule has 0 N–H and O–H groups in total. The highest BCUT2D eigenvalue weighted by atomic mass is 16.5. The number of nitrogens with zero attached hydrogens (tertiary/aromatic N) is 3. The lowest BCUT2D eigenvalue weighted by molar-refractivity contribution is 0.135. The van der Waals surface area contributed by atoms with Gasteiger partial charge in [-0.3, -0.25) is 4.90 Å². The van der Waals surface area contributed by atoms with Gasteiger partial charge in [-0.25, -0.2) is 0 Å². The van der Waals surface area contributed by atoms with Crippen LogP contribution in [-0.4, -0.2) is 27.6 Å². The molecule has 0 amide bonds. The molecule has 2 heterocycles. The fourth-order valence-corrected chi connectivity index (χ4v) is 1.97. The molecule has 0 aromatic carbocycles. The Hall–Kier alpha value is -0.900. The minimum absolute atomic E-state index is 0.649. The zero-order valence-corrected chi connectivity index (χ0v) is 8.86. The largest absolute Gasteiger partial charge is 0.338 e. The van der Waals surface area contributed by atoms with Gasteiger partial charge in [0.1, 0.15) is 0 Å². The van der Waals surface area contributed by atoms with E-state index in [1.54, 1.807) is 0 Å². The van der Waals surface area contributed by atoms with Crippen LogP contribution in [0.25, 0.3) is 0 Å². The third-order valence-electron chi connectivity index (χ3n) is 2.85. The normalized spacial score (nSPS) is 24.0. The van der Waals surface area contributed by atoms with E-state index in [1.807, 2.05) is 6.92 Å². The van der Waals surface area contributed by atoms with E-state index in [4.69, 9.17) is 4.52 Å². The molecule has 1 aliphatic heterocycles. The van der Waals surface area contributed by atoms with E-state index in [0.717, 1.165) is 24.8 Å². The number of likely N-dealkylation sites (tertiary alicyclic amines) is 1. The first-order valence-electron chi connectivity index (χ1n) is 5.29. The average Bonchev–Trinajstić information content (AvgIpc) is 2.56. The summed E-state index contributed by atoms with van der Waals surface area (Å²) in [6, 6.07) is 0.649. The van der Waals surface area contributed by atoms with Gasteiger partial charge >= 0.3 is 0 Å². The van der Waals surface area contributed by atoms with E-state index < -0.39 is 0 Å². The lowest BCUT2D eigenvalue weighted by Gasteiger charge is -2.31. The van der Waals surface area contributed by atoms with Crippen molar-refractivity contribution >= 4 is 0 Å². The molecule has 0 radical (unpaired) electrons. The molecule has 4 nitrogen and oxygen atoms in total. The van der Waals surface area contributed by atoms with E-state index in [1.165, 1.54) is 19.3 Å². The number of aromatic nitrogens is 2. The minimum atomic E-state index is 0.649. The van der Waals surface area contributed by atoms with Crippen LogP contribution < -0.4 is 0 Å². The molecule has 0 saturated carbocycles. The minimum Gasteiger partial charge on any atom is -0.338 e. The van der Waals surface area contributed by atoms with Gasteiger partial charge in [-0.2, -0.15) is 4.98 Å². The van der Waals surface area contributed by atoms with Crippen molar-refractivity contribution in [3.63, 3.8) is 0 Å². The van der Waals surface area contributed by atoms with Crippen LogP contribution in [0.15, 0.2) is 4.52 Å². The third kappa shape index (κ3) is 2.12. The standard InChI is InChI=1S/C10H17N3O/c1-8-5-3-4-6-13(8)7-10-11-9(2)12-14-10/h8H,3-7H2,1-2H3/t8-/m0/s1. The average molecular weight is 195 g/mol. The molecule has 1 aromatic heterocycles. The number of hydrogen-bond donors (Lipinski definition) is 0. The van der Waals surface area contributed by atoms with Crippen molar-refractivity contribution in [2.24, 2.45) is 0 Å². The van der Waals surface area contributed by atoms with Gasteiger partial charge < -0.3 is 4.52 Å². The third-order valence-corrected chi connectivity index (χ3v) is 2.85. The molecule has 1 aliphatic rings. The van der Waals surface area contributed by atoms with Gasteiger partial charge in [0.2, 0.25) is 5.89 Å². The summed E-state index contributed by atoms with van der Waals surface area (Å²) in [7, 11) is 0. The zero-order chi connectivity index (χ0) is 9.97. The van der Waals surface area contributed by atoms with Crippen LogP contribution >= 0.6 is 0 Å². The first-order chi connectivity index (χ1) is 6.75. The second kappa shape index (κ2) is 4.09. The molecule has 78 valence electrons. The van der Waals surface area contributed by atoms with Crippen LogP contribution in [0.4, 0.5) is 0 Å². The molecule has 1 atom stereocenters. The van der Waals surface area contributed by atoms with E-state index in [9.17, 15) is 0 Å². The first kappa shape index (κ1) is 9.65. The van der Waals surface area contributed by atoms with Crippen LogP contribution in [0.3, 0.4) is 0 Å². The molecule has 0 unspecified atom stereocenters. The summed E-state index contributed by atoms with van der Waals surface area (Å²) in [6.45, 7) is 6.08. The highest BCUT2D eigenvalue weighted by molar-refractivity contribution is 4.85. The summed E-state index contributed by atoms with van der Waals surface area (Å²) in [6.07, 6.45) is 3.92. The maximum atomic E-state index is 5.11. The number of hydrogen-bond acceptors (Lipinski definition) is 4. The number of aryl methyl sites for hydroxylation is 1. The Morgan fingerprint density at radius 2 is 2.36 bits per heavy atom. The SMILES string of the molecule is Cc1noc(CN2CCCC[C@@H]2C)n1. The van der Waals surface area contributed by atoms with Crippen LogP contribution in [0, 0.1) is 6.92 Å². The van der Waals surface area contributed by atoms with Crippen molar-refractivity contribution in [2.45, 2.75) is 45.7 Å². The lowest BCUT2D eigenvalue weighted by Crippen LogP contribution is -2.36. The van der Waals surface area contributed by atoms with Gasteiger partial charge in [-0.1, -0.05) is 11.6 Å². The van der Waals surface area contributed by atoms with E-state index >= 15 is 0 Å². The van der Waals surface area contributed by atoms with Gasteiger partial charge in [0.15, 0.2) is 5.82 Å². The summed E-state index contributed by atoms with van der Waals surface area (Å²) in [4.78, 5) is 6.63. The summed E-state index contributed by atoms with van der Waals surface area (Å²) >= 11 is 0. The Morgan fingerprint density at radius 3 is 3.00 bits per heavy atom.